The first kappa shape index (κ1) is 13.5. The first-order chi connectivity index (χ1) is 9.08. The van der Waals surface area contributed by atoms with Crippen LogP contribution in [0.2, 0.25) is 0 Å². The van der Waals surface area contributed by atoms with Gasteiger partial charge >= 0.3 is 0 Å². The summed E-state index contributed by atoms with van der Waals surface area (Å²) >= 11 is 0. The van der Waals surface area contributed by atoms with Gasteiger partial charge in [-0.15, -0.1) is 0 Å². The fourth-order valence-corrected chi connectivity index (χ4v) is 2.42. The largest absolute Gasteiger partial charge is 0.303 e. The van der Waals surface area contributed by atoms with Crippen LogP contribution in [-0.4, -0.2) is 6.29 Å². The molecule has 0 heterocycles. The van der Waals surface area contributed by atoms with Gasteiger partial charge in [0.15, 0.2) is 0 Å². The Labute approximate surface area is 113 Å². The van der Waals surface area contributed by atoms with E-state index >= 15 is 0 Å². The zero-order valence-corrected chi connectivity index (χ0v) is 11.2. The van der Waals surface area contributed by atoms with Crippen molar-refractivity contribution in [3.63, 3.8) is 0 Å². The number of carbonyl (C=O) groups is 1. The van der Waals surface area contributed by atoms with E-state index < -0.39 is 0 Å². The third-order valence-electron chi connectivity index (χ3n) is 3.18. The van der Waals surface area contributed by atoms with E-state index in [0.29, 0.717) is 6.42 Å². The zero-order valence-electron chi connectivity index (χ0n) is 11.2. The topological polar surface area (TPSA) is 17.1 Å². The van der Waals surface area contributed by atoms with E-state index in [2.05, 4.69) is 18.2 Å². The van der Waals surface area contributed by atoms with E-state index in [9.17, 15) is 9.18 Å². The van der Waals surface area contributed by atoms with Gasteiger partial charge in [-0.25, -0.2) is 4.39 Å². The molecule has 2 aromatic carbocycles. The quantitative estimate of drug-likeness (QED) is 0.756. The fourth-order valence-electron chi connectivity index (χ4n) is 2.42. The summed E-state index contributed by atoms with van der Waals surface area (Å²) in [6.45, 7) is 4.07. The third-order valence-corrected chi connectivity index (χ3v) is 3.18. The molecule has 1 atom stereocenters. The molecule has 2 aromatic rings. The maximum absolute atomic E-state index is 13.2. The van der Waals surface area contributed by atoms with Crippen LogP contribution in [-0.2, 0) is 11.2 Å². The van der Waals surface area contributed by atoms with E-state index in [0.717, 1.165) is 17.4 Å². The normalized spacial score (nSPS) is 12.2. The Balaban J connectivity index is 2.26. The molecule has 19 heavy (non-hydrogen) atoms. The lowest BCUT2D eigenvalue weighted by molar-refractivity contribution is -0.109. The molecule has 0 amide bonds. The summed E-state index contributed by atoms with van der Waals surface area (Å²) in [7, 11) is 0. The molecular formula is C17H17FO. The zero-order chi connectivity index (χ0) is 13.8. The Hall–Kier alpha value is -1.96. The molecule has 0 aliphatic heterocycles. The number of aryl methyl sites for hydroxylation is 2. The summed E-state index contributed by atoms with van der Waals surface area (Å²) in [5.41, 5.74) is 4.20. The molecule has 0 aromatic heterocycles. The number of halogens is 1. The van der Waals surface area contributed by atoms with Crippen molar-refractivity contribution in [1.29, 1.82) is 0 Å². The lowest BCUT2D eigenvalue weighted by Gasteiger charge is -2.12. The highest BCUT2D eigenvalue weighted by Crippen LogP contribution is 2.21. The molecule has 0 N–H and O–H groups in total. The van der Waals surface area contributed by atoms with Crippen molar-refractivity contribution in [2.24, 2.45) is 0 Å². The standard InChI is InChI=1S/C17H17FO/c1-12-6-13(2)8-14(7-12)9-16(11-19)15-4-3-5-17(18)10-15/h3-8,10-11,16H,9H2,1-2H3. The van der Waals surface area contributed by atoms with E-state index in [1.807, 2.05) is 13.8 Å². The molecule has 98 valence electrons. The summed E-state index contributed by atoms with van der Waals surface area (Å²) in [6, 6.07) is 12.5. The van der Waals surface area contributed by atoms with Gasteiger partial charge in [-0.3, -0.25) is 0 Å². The molecule has 0 aliphatic carbocycles. The maximum atomic E-state index is 13.2. The minimum atomic E-state index is -0.301. The summed E-state index contributed by atoms with van der Waals surface area (Å²) in [6.07, 6.45) is 1.50. The molecule has 0 radical (unpaired) electrons. The Morgan fingerprint density at radius 1 is 1.11 bits per heavy atom. The maximum Gasteiger partial charge on any atom is 0.127 e. The number of hydrogen-bond donors (Lipinski definition) is 0. The van der Waals surface area contributed by atoms with Crippen molar-refractivity contribution >= 4 is 6.29 Å². The number of carbonyl (C=O) groups excluding carboxylic acids is 1. The molecular weight excluding hydrogens is 239 g/mol. The second kappa shape index (κ2) is 5.79. The van der Waals surface area contributed by atoms with Gasteiger partial charge in [0.25, 0.3) is 0 Å². The van der Waals surface area contributed by atoms with Crippen molar-refractivity contribution in [2.75, 3.05) is 0 Å². The van der Waals surface area contributed by atoms with Crippen LogP contribution in [0.15, 0.2) is 42.5 Å². The predicted octanol–water partition coefficient (Wildman–Crippen LogP) is 3.97. The van der Waals surface area contributed by atoms with Gasteiger partial charge in [-0.2, -0.15) is 0 Å². The lowest BCUT2D eigenvalue weighted by atomic mass is 9.92. The van der Waals surface area contributed by atoms with Crippen molar-refractivity contribution in [3.8, 4) is 0 Å². The number of aldehydes is 1. The smallest absolute Gasteiger partial charge is 0.127 e. The highest BCUT2D eigenvalue weighted by atomic mass is 19.1. The SMILES string of the molecule is Cc1cc(C)cc(CC(C=O)c2cccc(F)c2)c1. The first-order valence-electron chi connectivity index (χ1n) is 6.36. The van der Waals surface area contributed by atoms with E-state index in [-0.39, 0.29) is 11.7 Å². The van der Waals surface area contributed by atoms with Gasteiger partial charge in [0.1, 0.15) is 12.1 Å². The van der Waals surface area contributed by atoms with Crippen LogP contribution in [0.4, 0.5) is 4.39 Å². The van der Waals surface area contributed by atoms with Crippen LogP contribution in [0.5, 0.6) is 0 Å². The molecule has 2 heteroatoms. The van der Waals surface area contributed by atoms with Gasteiger partial charge < -0.3 is 4.79 Å². The Morgan fingerprint density at radius 3 is 2.37 bits per heavy atom. The third kappa shape index (κ3) is 3.50. The number of rotatable bonds is 4. The van der Waals surface area contributed by atoms with Gasteiger partial charge in [-0.1, -0.05) is 41.5 Å². The summed E-state index contributed by atoms with van der Waals surface area (Å²) in [5.74, 6) is -0.596. The van der Waals surface area contributed by atoms with Crippen molar-refractivity contribution < 1.29 is 9.18 Å². The summed E-state index contributed by atoms with van der Waals surface area (Å²) in [4.78, 5) is 11.3. The lowest BCUT2D eigenvalue weighted by Crippen LogP contribution is -2.05. The Morgan fingerprint density at radius 2 is 1.79 bits per heavy atom. The van der Waals surface area contributed by atoms with Crippen LogP contribution in [0, 0.1) is 19.7 Å². The van der Waals surface area contributed by atoms with E-state index in [1.165, 1.54) is 23.3 Å². The molecule has 1 unspecified atom stereocenters. The highest BCUT2D eigenvalue weighted by molar-refractivity contribution is 5.63. The van der Waals surface area contributed by atoms with Crippen LogP contribution >= 0.6 is 0 Å². The highest BCUT2D eigenvalue weighted by Gasteiger charge is 2.12. The van der Waals surface area contributed by atoms with Gasteiger partial charge in [0.05, 0.1) is 0 Å². The van der Waals surface area contributed by atoms with Gasteiger partial charge in [0, 0.05) is 5.92 Å². The van der Waals surface area contributed by atoms with Crippen LogP contribution in [0.1, 0.15) is 28.2 Å². The predicted molar refractivity (Wildman–Crippen MR) is 74.8 cm³/mol. The summed E-state index contributed by atoms with van der Waals surface area (Å²) < 4.78 is 13.2. The number of hydrogen-bond acceptors (Lipinski definition) is 1. The second-order valence-electron chi connectivity index (χ2n) is 5.00. The first-order valence-corrected chi connectivity index (χ1v) is 6.36. The summed E-state index contributed by atoms with van der Waals surface area (Å²) in [5, 5.41) is 0. The minimum Gasteiger partial charge on any atom is -0.303 e. The van der Waals surface area contributed by atoms with Crippen LogP contribution < -0.4 is 0 Å². The molecule has 0 fully saturated rings. The van der Waals surface area contributed by atoms with Crippen molar-refractivity contribution in [3.05, 3.63) is 70.5 Å². The molecule has 1 nitrogen and oxygen atoms in total. The Bertz CT molecular complexity index is 569. The fraction of sp³-hybridized carbons (Fsp3) is 0.235. The molecule has 0 spiro atoms. The number of benzene rings is 2. The molecule has 0 saturated carbocycles. The van der Waals surface area contributed by atoms with Crippen molar-refractivity contribution in [2.45, 2.75) is 26.2 Å². The van der Waals surface area contributed by atoms with E-state index in [1.54, 1.807) is 12.1 Å². The Kier molecular flexibility index (Phi) is 4.10. The monoisotopic (exact) mass is 256 g/mol. The average Bonchev–Trinajstić information content (AvgIpc) is 2.34. The van der Waals surface area contributed by atoms with Crippen LogP contribution in [0.25, 0.3) is 0 Å². The van der Waals surface area contributed by atoms with Crippen LogP contribution in [0.3, 0.4) is 0 Å². The average molecular weight is 256 g/mol. The minimum absolute atomic E-state index is 0.295. The molecule has 0 aliphatic rings. The van der Waals surface area contributed by atoms with E-state index in [4.69, 9.17) is 0 Å². The van der Waals surface area contributed by atoms with Gasteiger partial charge in [0.2, 0.25) is 0 Å². The molecule has 0 saturated heterocycles. The van der Waals surface area contributed by atoms with Gasteiger partial charge in [-0.05, 0) is 43.5 Å². The molecule has 0 bridgehead atoms. The second-order valence-corrected chi connectivity index (χ2v) is 5.00. The van der Waals surface area contributed by atoms with Crippen molar-refractivity contribution in [1.82, 2.24) is 0 Å². The molecule has 2 rings (SSSR count).